The Kier molecular flexibility index (Phi) is 18.3. The third-order valence-electron chi connectivity index (χ3n) is 1.85. The van der Waals surface area contributed by atoms with E-state index in [2.05, 4.69) is 11.6 Å². The molecule has 0 aliphatic carbocycles. The Morgan fingerprint density at radius 2 is 0.867 bits per heavy atom. The van der Waals surface area contributed by atoms with Crippen molar-refractivity contribution in [3.8, 4) is 0 Å². The maximum absolute atomic E-state index is 2.36. The molecule has 0 aromatic rings. The van der Waals surface area contributed by atoms with Gasteiger partial charge >= 0.3 is 123 Å². The normalized spacial score (nSPS) is 10.8. The quantitative estimate of drug-likeness (QED) is 0.301. The number of rotatable bonds is 12. The fourth-order valence-electron chi connectivity index (χ4n) is 1.08. The molecule has 0 N–H and O–H groups in total. The van der Waals surface area contributed by atoms with Crippen LogP contribution in [0.15, 0.2) is 0 Å². The van der Waals surface area contributed by atoms with Crippen molar-refractivity contribution in [1.82, 2.24) is 0 Å². The molecule has 0 spiro atoms. The van der Waals surface area contributed by atoms with Crippen LogP contribution in [0.1, 0.15) is 19.3 Å². The summed E-state index contributed by atoms with van der Waals surface area (Å²) in [5.41, 5.74) is 0. The van der Waals surface area contributed by atoms with Crippen molar-refractivity contribution in [1.29, 1.82) is 0 Å². The molecule has 0 amide bonds. The molecule has 0 saturated heterocycles. The molecule has 0 rings (SSSR count). The second kappa shape index (κ2) is 16.1. The molecule has 0 fully saturated rings. The van der Waals surface area contributed by atoms with Crippen LogP contribution in [0, 0.1) is 0 Å². The van der Waals surface area contributed by atoms with Gasteiger partial charge in [0.25, 0.3) is 0 Å². The van der Waals surface area contributed by atoms with Crippen LogP contribution in [0.5, 0.6) is 0 Å². The molecular formula is C11H24Se4. The van der Waals surface area contributed by atoms with E-state index >= 15 is 0 Å². The first-order chi connectivity index (χ1) is 7.41. The number of hydrogen-bond donors (Lipinski definition) is 0. The summed E-state index contributed by atoms with van der Waals surface area (Å²) in [5.74, 6) is 4.72. The molecule has 0 nitrogen and oxygen atoms in total. The molecule has 0 aliphatic rings. The molecule has 0 aromatic heterocycles. The zero-order valence-corrected chi connectivity index (χ0v) is 16.8. The minimum atomic E-state index is 0.931. The van der Waals surface area contributed by atoms with Gasteiger partial charge in [-0.1, -0.05) is 0 Å². The van der Waals surface area contributed by atoms with Crippen LogP contribution in [-0.2, 0) is 0 Å². The van der Waals surface area contributed by atoms with Crippen molar-refractivity contribution >= 4 is 59.8 Å². The van der Waals surface area contributed by atoms with Crippen LogP contribution in [0.3, 0.4) is 0 Å². The van der Waals surface area contributed by atoms with Gasteiger partial charge < -0.3 is 0 Å². The molecule has 0 saturated carbocycles. The average molecular weight is 472 g/mol. The summed E-state index contributed by atoms with van der Waals surface area (Å²) in [6.07, 6.45) is 4.61. The Morgan fingerprint density at radius 1 is 0.533 bits per heavy atom. The summed E-state index contributed by atoms with van der Waals surface area (Å²) in [7, 11) is 0. The van der Waals surface area contributed by atoms with Crippen LogP contribution >= 0.6 is 0 Å². The van der Waals surface area contributed by atoms with Gasteiger partial charge in [-0.2, -0.15) is 0 Å². The molecular weight excluding hydrogens is 448 g/mol. The van der Waals surface area contributed by atoms with Crippen LogP contribution in [0.25, 0.3) is 0 Å². The minimum absolute atomic E-state index is 0.931. The molecule has 0 aliphatic heterocycles. The van der Waals surface area contributed by atoms with Gasteiger partial charge in [-0.3, -0.25) is 0 Å². The summed E-state index contributed by atoms with van der Waals surface area (Å²) in [5, 5.41) is 9.32. The Hall–Kier alpha value is 2.08. The summed E-state index contributed by atoms with van der Waals surface area (Å²) in [4.78, 5) is 0. The van der Waals surface area contributed by atoms with Gasteiger partial charge in [-0.05, 0) is 0 Å². The van der Waals surface area contributed by atoms with Crippen LogP contribution in [-0.4, -0.2) is 59.8 Å². The van der Waals surface area contributed by atoms with Gasteiger partial charge in [0, 0.05) is 0 Å². The van der Waals surface area contributed by atoms with E-state index < -0.39 is 0 Å². The second-order valence-corrected chi connectivity index (χ2v) is 12.5. The maximum atomic E-state index is 2.36. The summed E-state index contributed by atoms with van der Waals surface area (Å²) in [6.45, 7) is 0. The predicted molar refractivity (Wildman–Crippen MR) is 77.4 cm³/mol. The molecule has 0 radical (unpaired) electrons. The van der Waals surface area contributed by atoms with E-state index in [4.69, 9.17) is 0 Å². The molecule has 0 atom stereocenters. The Labute approximate surface area is 122 Å². The van der Waals surface area contributed by atoms with E-state index in [1.807, 2.05) is 0 Å². The fourth-order valence-corrected chi connectivity index (χ4v) is 9.45. The molecule has 0 heterocycles. The van der Waals surface area contributed by atoms with E-state index in [-0.39, 0.29) is 0 Å². The van der Waals surface area contributed by atoms with Gasteiger partial charge in [0.15, 0.2) is 0 Å². The van der Waals surface area contributed by atoms with Gasteiger partial charge in [0.2, 0.25) is 0 Å². The Morgan fingerprint density at radius 3 is 1.20 bits per heavy atom. The molecule has 15 heavy (non-hydrogen) atoms. The molecule has 92 valence electrons. The molecule has 4 heteroatoms. The summed E-state index contributed by atoms with van der Waals surface area (Å²) >= 11 is 3.85. The monoisotopic (exact) mass is 476 g/mol. The van der Waals surface area contributed by atoms with Gasteiger partial charge in [-0.25, -0.2) is 0 Å². The van der Waals surface area contributed by atoms with E-state index in [1.165, 1.54) is 23.5 Å². The Balaban J connectivity index is 2.81. The first-order valence-electron chi connectivity index (χ1n) is 5.55. The summed E-state index contributed by atoms with van der Waals surface area (Å²) < 4.78 is 0. The third kappa shape index (κ3) is 16.1. The zero-order chi connectivity index (χ0) is 11.2. The van der Waals surface area contributed by atoms with Crippen LogP contribution < -0.4 is 0 Å². The van der Waals surface area contributed by atoms with E-state index in [0.29, 0.717) is 0 Å². The molecule has 0 unspecified atom stereocenters. The number of hydrogen-bond acceptors (Lipinski definition) is 0. The standard InChI is InChI=1S/C11H24Se4/c1-12-6-3-8-14-10-5-11-15-9-4-7-13-2/h3-11H2,1-2H3. The SMILES string of the molecule is C[Se]CCC[Se]CCC[Se]CCC[Se]C. The average Bonchev–Trinajstić information content (AvgIpc) is 2.26. The van der Waals surface area contributed by atoms with Crippen molar-refractivity contribution in [2.45, 2.75) is 62.8 Å². The van der Waals surface area contributed by atoms with Gasteiger partial charge in [0.1, 0.15) is 0 Å². The van der Waals surface area contributed by atoms with E-state index in [9.17, 15) is 0 Å². The predicted octanol–water partition coefficient (Wildman–Crippen LogP) is 3.58. The van der Waals surface area contributed by atoms with Crippen LogP contribution in [0.4, 0.5) is 0 Å². The van der Waals surface area contributed by atoms with Gasteiger partial charge in [-0.15, -0.1) is 0 Å². The van der Waals surface area contributed by atoms with Gasteiger partial charge in [0.05, 0.1) is 0 Å². The zero-order valence-electron chi connectivity index (χ0n) is 10.00. The first kappa shape index (κ1) is 17.1. The fraction of sp³-hybridized carbons (Fsp3) is 1.00. The topological polar surface area (TPSA) is 0 Å². The van der Waals surface area contributed by atoms with Crippen molar-refractivity contribution in [2.75, 3.05) is 0 Å². The summed E-state index contributed by atoms with van der Waals surface area (Å²) in [6, 6.07) is 0. The van der Waals surface area contributed by atoms with Crippen LogP contribution in [0.2, 0.25) is 43.6 Å². The van der Waals surface area contributed by atoms with Crippen molar-refractivity contribution in [3.63, 3.8) is 0 Å². The van der Waals surface area contributed by atoms with Crippen molar-refractivity contribution < 1.29 is 0 Å². The van der Waals surface area contributed by atoms with E-state index in [1.54, 1.807) is 27.7 Å². The molecule has 0 bridgehead atoms. The molecule has 0 aromatic carbocycles. The Bertz CT molecular complexity index is 96.8. The van der Waals surface area contributed by atoms with Crippen molar-refractivity contribution in [2.24, 2.45) is 0 Å². The second-order valence-electron chi connectivity index (χ2n) is 3.27. The third-order valence-corrected chi connectivity index (χ3v) is 9.62. The van der Waals surface area contributed by atoms with Crippen molar-refractivity contribution in [3.05, 3.63) is 0 Å². The first-order valence-corrected chi connectivity index (χ1v) is 16.2. The van der Waals surface area contributed by atoms with E-state index in [0.717, 1.165) is 59.8 Å².